The summed E-state index contributed by atoms with van der Waals surface area (Å²) in [6, 6.07) is 8.98. The van der Waals surface area contributed by atoms with Crippen molar-refractivity contribution in [3.63, 3.8) is 0 Å². The van der Waals surface area contributed by atoms with Crippen LogP contribution < -0.4 is 0 Å². The smallest absolute Gasteiger partial charge is 0.342 e. The molecule has 0 saturated carbocycles. The normalized spacial score (nSPS) is 12.4. The van der Waals surface area contributed by atoms with E-state index in [1.54, 1.807) is 38.1 Å². The zero-order chi connectivity index (χ0) is 16.5. The van der Waals surface area contributed by atoms with Crippen LogP contribution in [-0.2, 0) is 19.1 Å². The molecule has 0 bridgehead atoms. The predicted molar refractivity (Wildman–Crippen MR) is 83.0 cm³/mol. The molecular formula is C17H20O5. The first-order valence-electron chi connectivity index (χ1n) is 7.02. The van der Waals surface area contributed by atoms with E-state index >= 15 is 0 Å². The third-order valence-corrected chi connectivity index (χ3v) is 2.72. The maximum Gasteiger partial charge on any atom is 0.342 e. The lowest BCUT2D eigenvalue weighted by atomic mass is 10.0. The van der Waals surface area contributed by atoms with E-state index in [1.807, 2.05) is 6.07 Å². The number of allylic oxidation sites excluding steroid dienone is 1. The van der Waals surface area contributed by atoms with E-state index in [2.05, 4.69) is 0 Å². The molecule has 1 aromatic carbocycles. The van der Waals surface area contributed by atoms with Gasteiger partial charge in [0.2, 0.25) is 0 Å². The van der Waals surface area contributed by atoms with Crippen LogP contribution in [-0.4, -0.2) is 30.3 Å². The lowest BCUT2D eigenvalue weighted by Crippen LogP contribution is -2.18. The quantitative estimate of drug-likeness (QED) is 0.378. The highest BCUT2D eigenvalue weighted by atomic mass is 16.5. The molecule has 0 spiro atoms. The van der Waals surface area contributed by atoms with Crippen LogP contribution in [0.2, 0.25) is 0 Å². The topological polar surface area (TPSA) is 72.8 Å². The Kier molecular flexibility index (Phi) is 6.89. The van der Waals surface area contributed by atoms with Crippen LogP contribution in [0.3, 0.4) is 0 Å². The van der Waals surface area contributed by atoms with E-state index in [1.165, 1.54) is 13.0 Å². The van der Waals surface area contributed by atoms with E-state index in [0.717, 1.165) is 0 Å². The SMILES string of the molecule is CCOC(=O)C(=C(/C)O)/C(=C\c1ccccc1)C(=O)OCC. The van der Waals surface area contributed by atoms with Gasteiger partial charge in [0.05, 0.1) is 18.8 Å². The average molecular weight is 304 g/mol. The highest BCUT2D eigenvalue weighted by molar-refractivity contribution is 6.10. The number of hydrogen-bond acceptors (Lipinski definition) is 5. The van der Waals surface area contributed by atoms with E-state index in [0.29, 0.717) is 5.56 Å². The van der Waals surface area contributed by atoms with Gasteiger partial charge < -0.3 is 14.6 Å². The van der Waals surface area contributed by atoms with Crippen LogP contribution in [0.15, 0.2) is 47.2 Å². The number of hydrogen-bond donors (Lipinski definition) is 1. The van der Waals surface area contributed by atoms with Gasteiger partial charge in [-0.15, -0.1) is 0 Å². The molecule has 1 aromatic rings. The van der Waals surface area contributed by atoms with Crippen molar-refractivity contribution in [3.05, 3.63) is 52.8 Å². The molecule has 0 unspecified atom stereocenters. The summed E-state index contributed by atoms with van der Waals surface area (Å²) >= 11 is 0. The second-order valence-electron chi connectivity index (χ2n) is 4.37. The summed E-state index contributed by atoms with van der Waals surface area (Å²) in [5.41, 5.74) is 0.476. The average Bonchev–Trinajstić information content (AvgIpc) is 2.47. The molecule has 5 nitrogen and oxygen atoms in total. The van der Waals surface area contributed by atoms with Crippen molar-refractivity contribution in [1.82, 2.24) is 0 Å². The van der Waals surface area contributed by atoms with Gasteiger partial charge in [-0.25, -0.2) is 9.59 Å². The van der Waals surface area contributed by atoms with Gasteiger partial charge in [-0.2, -0.15) is 0 Å². The zero-order valence-electron chi connectivity index (χ0n) is 13.0. The van der Waals surface area contributed by atoms with Crippen molar-refractivity contribution in [3.8, 4) is 0 Å². The first kappa shape index (κ1) is 17.5. The van der Waals surface area contributed by atoms with Crippen LogP contribution in [0.4, 0.5) is 0 Å². The molecule has 0 aromatic heterocycles. The van der Waals surface area contributed by atoms with E-state index in [4.69, 9.17) is 9.47 Å². The van der Waals surface area contributed by atoms with Gasteiger partial charge in [-0.1, -0.05) is 30.3 Å². The van der Waals surface area contributed by atoms with Gasteiger partial charge in [0.15, 0.2) is 0 Å². The summed E-state index contributed by atoms with van der Waals surface area (Å²) in [5.74, 6) is -1.76. The summed E-state index contributed by atoms with van der Waals surface area (Å²) in [6.07, 6.45) is 1.49. The van der Waals surface area contributed by atoms with Crippen LogP contribution >= 0.6 is 0 Å². The highest BCUT2D eigenvalue weighted by Gasteiger charge is 2.25. The Morgan fingerprint density at radius 1 is 1.05 bits per heavy atom. The van der Waals surface area contributed by atoms with E-state index in [9.17, 15) is 14.7 Å². The minimum absolute atomic E-state index is 0.0356. The fraction of sp³-hybridized carbons (Fsp3) is 0.294. The maximum absolute atomic E-state index is 12.2. The molecule has 1 rings (SSSR count). The van der Waals surface area contributed by atoms with Gasteiger partial charge in [-0.3, -0.25) is 0 Å². The third kappa shape index (κ3) is 4.77. The molecule has 0 aliphatic carbocycles. The highest BCUT2D eigenvalue weighted by Crippen LogP contribution is 2.21. The van der Waals surface area contributed by atoms with Crippen molar-refractivity contribution < 1.29 is 24.2 Å². The Labute approximate surface area is 129 Å². The van der Waals surface area contributed by atoms with Gasteiger partial charge >= 0.3 is 11.9 Å². The fourth-order valence-corrected chi connectivity index (χ4v) is 1.81. The van der Waals surface area contributed by atoms with Gasteiger partial charge in [0.1, 0.15) is 11.3 Å². The molecule has 0 saturated heterocycles. The maximum atomic E-state index is 12.2. The van der Waals surface area contributed by atoms with Crippen molar-refractivity contribution in [2.45, 2.75) is 20.8 Å². The predicted octanol–water partition coefficient (Wildman–Crippen LogP) is 3.03. The molecule has 0 heterocycles. The number of ether oxygens (including phenoxy) is 2. The Morgan fingerprint density at radius 2 is 1.59 bits per heavy atom. The molecule has 0 amide bonds. The van der Waals surface area contributed by atoms with E-state index in [-0.39, 0.29) is 30.1 Å². The molecule has 0 radical (unpaired) electrons. The van der Waals surface area contributed by atoms with Gasteiger partial charge in [0, 0.05) is 0 Å². The lowest BCUT2D eigenvalue weighted by Gasteiger charge is -2.12. The number of rotatable bonds is 6. The molecular weight excluding hydrogens is 284 g/mol. The first-order chi connectivity index (χ1) is 10.5. The number of carbonyl (C=O) groups excluding carboxylic acids is 2. The minimum Gasteiger partial charge on any atom is -0.512 e. The van der Waals surface area contributed by atoms with Crippen molar-refractivity contribution in [2.75, 3.05) is 13.2 Å². The van der Waals surface area contributed by atoms with Crippen molar-refractivity contribution in [1.29, 1.82) is 0 Å². The van der Waals surface area contributed by atoms with Crippen LogP contribution in [0.1, 0.15) is 26.3 Å². The van der Waals surface area contributed by atoms with Crippen LogP contribution in [0.25, 0.3) is 6.08 Å². The molecule has 5 heteroatoms. The summed E-state index contributed by atoms with van der Waals surface area (Å²) in [5, 5.41) is 9.80. The van der Waals surface area contributed by atoms with Gasteiger partial charge in [0.25, 0.3) is 0 Å². The molecule has 0 fully saturated rings. The Hall–Kier alpha value is -2.56. The standard InChI is InChI=1S/C17H20O5/c1-4-21-16(19)14(11-13-9-7-6-8-10-13)15(12(3)18)17(20)22-5-2/h6-11,18H,4-5H2,1-3H3/b14-11+,15-12-. The Morgan fingerprint density at radius 3 is 2.09 bits per heavy atom. The summed E-state index contributed by atoms with van der Waals surface area (Å²) in [7, 11) is 0. The number of carbonyl (C=O) groups is 2. The number of esters is 2. The largest absolute Gasteiger partial charge is 0.512 e. The lowest BCUT2D eigenvalue weighted by molar-refractivity contribution is -0.142. The molecule has 0 aliphatic rings. The second-order valence-corrected chi connectivity index (χ2v) is 4.37. The molecule has 0 aliphatic heterocycles. The van der Waals surface area contributed by atoms with Gasteiger partial charge in [-0.05, 0) is 32.4 Å². The minimum atomic E-state index is -0.766. The molecule has 22 heavy (non-hydrogen) atoms. The summed E-state index contributed by atoms with van der Waals surface area (Å²) in [4.78, 5) is 24.2. The second kappa shape index (κ2) is 8.67. The number of benzene rings is 1. The van der Waals surface area contributed by atoms with Crippen LogP contribution in [0.5, 0.6) is 0 Å². The van der Waals surface area contributed by atoms with E-state index < -0.39 is 11.9 Å². The molecule has 1 N–H and O–H groups in total. The number of aliphatic hydroxyl groups is 1. The van der Waals surface area contributed by atoms with Crippen molar-refractivity contribution in [2.24, 2.45) is 0 Å². The van der Waals surface area contributed by atoms with Crippen molar-refractivity contribution >= 4 is 18.0 Å². The summed E-state index contributed by atoms with van der Waals surface area (Å²) < 4.78 is 9.88. The summed E-state index contributed by atoms with van der Waals surface area (Å²) in [6.45, 7) is 4.93. The van der Waals surface area contributed by atoms with Crippen LogP contribution in [0, 0.1) is 0 Å². The Bertz CT molecular complexity index is 580. The first-order valence-corrected chi connectivity index (χ1v) is 7.02. The molecule has 0 atom stereocenters. The zero-order valence-corrected chi connectivity index (χ0v) is 13.0. The number of aliphatic hydroxyl groups excluding tert-OH is 1. The fourth-order valence-electron chi connectivity index (χ4n) is 1.81. The third-order valence-electron chi connectivity index (χ3n) is 2.72. The molecule has 118 valence electrons. The Balaban J connectivity index is 3.36. The monoisotopic (exact) mass is 304 g/mol.